The van der Waals surface area contributed by atoms with Gasteiger partial charge in [0.2, 0.25) is 0 Å². The zero-order chi connectivity index (χ0) is 21.8. The van der Waals surface area contributed by atoms with Crippen molar-refractivity contribution in [2.75, 3.05) is 0 Å². The van der Waals surface area contributed by atoms with Gasteiger partial charge in [-0.15, -0.1) is 0 Å². The van der Waals surface area contributed by atoms with Gasteiger partial charge in [-0.25, -0.2) is 0 Å². The summed E-state index contributed by atoms with van der Waals surface area (Å²) in [6.45, 7) is -3.07. The Balaban J connectivity index is 2.52. The van der Waals surface area contributed by atoms with Crippen LogP contribution >= 0.6 is 11.6 Å². The van der Waals surface area contributed by atoms with Gasteiger partial charge in [0.15, 0.2) is 11.5 Å². The zero-order valence-corrected chi connectivity index (χ0v) is 16.3. The van der Waals surface area contributed by atoms with Crippen molar-refractivity contribution < 1.29 is 36.9 Å². The number of aliphatic carboxylic acids is 1. The molecule has 1 N–H and O–H groups in total. The molecule has 2 aromatic rings. The largest absolute Gasteiger partial charge is 0.481 e. The molecule has 0 heterocycles. The second-order valence-corrected chi connectivity index (χ2v) is 7.09. The average Bonchev–Trinajstić information content (AvgIpc) is 2.61. The summed E-state index contributed by atoms with van der Waals surface area (Å²) in [7, 11) is 0. The van der Waals surface area contributed by atoms with Crippen molar-refractivity contribution in [2.45, 2.75) is 38.9 Å². The van der Waals surface area contributed by atoms with Crippen molar-refractivity contribution in [1.29, 1.82) is 0 Å². The van der Waals surface area contributed by atoms with Crippen molar-refractivity contribution in [2.24, 2.45) is 5.92 Å². The Kier molecular flexibility index (Phi) is 7.35. The molecule has 2 aromatic carbocycles. The van der Waals surface area contributed by atoms with Gasteiger partial charge >= 0.3 is 19.2 Å². The summed E-state index contributed by atoms with van der Waals surface area (Å²) in [5, 5.41) is 10.5. The fraction of sp³-hybridized carbons (Fsp3) is 0.350. The standard InChI is InChI=1S/C20H19ClF4O4/c1-11(2)20(17(26)27,13-4-6-14(21)7-5-13)10-12-3-8-15(28-18(22)23)16(9-12)29-19(24)25/h3-9,11,18-19H,10H2,1-2H3,(H,26,27). The summed E-state index contributed by atoms with van der Waals surface area (Å²) in [6.07, 6.45) is -0.101. The Morgan fingerprint density at radius 3 is 2.03 bits per heavy atom. The van der Waals surface area contributed by atoms with Crippen molar-refractivity contribution in [3.05, 3.63) is 58.6 Å². The summed E-state index contributed by atoms with van der Waals surface area (Å²) in [6, 6.07) is 9.76. The fourth-order valence-electron chi connectivity index (χ4n) is 3.20. The molecule has 0 saturated heterocycles. The highest BCUT2D eigenvalue weighted by Crippen LogP contribution is 2.39. The number of ether oxygens (including phenoxy) is 2. The number of carboxylic acids is 1. The summed E-state index contributed by atoms with van der Waals surface area (Å²) in [5.74, 6) is -2.70. The van der Waals surface area contributed by atoms with Crippen LogP contribution in [-0.2, 0) is 16.6 Å². The van der Waals surface area contributed by atoms with Gasteiger partial charge in [0.25, 0.3) is 0 Å². The molecular formula is C20H19ClF4O4. The van der Waals surface area contributed by atoms with Crippen LogP contribution in [0.2, 0.25) is 5.02 Å². The number of benzene rings is 2. The lowest BCUT2D eigenvalue weighted by Crippen LogP contribution is -2.43. The normalized spacial score (nSPS) is 13.6. The van der Waals surface area contributed by atoms with Crippen LogP contribution in [0.4, 0.5) is 17.6 Å². The van der Waals surface area contributed by atoms with Crippen LogP contribution in [0.15, 0.2) is 42.5 Å². The van der Waals surface area contributed by atoms with E-state index in [-0.39, 0.29) is 6.42 Å². The molecule has 0 aliphatic rings. The maximum atomic E-state index is 12.7. The average molecular weight is 435 g/mol. The van der Waals surface area contributed by atoms with E-state index in [4.69, 9.17) is 11.6 Å². The molecule has 2 rings (SSSR count). The summed E-state index contributed by atoms with van der Waals surface area (Å²) in [4.78, 5) is 12.3. The molecule has 4 nitrogen and oxygen atoms in total. The van der Waals surface area contributed by atoms with Gasteiger partial charge in [-0.1, -0.05) is 43.6 Å². The molecule has 0 fully saturated rings. The molecule has 1 unspecified atom stereocenters. The van der Waals surface area contributed by atoms with E-state index in [1.54, 1.807) is 38.1 Å². The van der Waals surface area contributed by atoms with E-state index in [1.165, 1.54) is 6.07 Å². The summed E-state index contributed by atoms with van der Waals surface area (Å²) >= 11 is 5.90. The smallest absolute Gasteiger partial charge is 0.387 e. The molecule has 0 aliphatic carbocycles. The molecule has 0 bridgehead atoms. The zero-order valence-electron chi connectivity index (χ0n) is 15.5. The number of carboxylic acid groups (broad SMARTS) is 1. The molecule has 0 spiro atoms. The molecule has 0 amide bonds. The highest BCUT2D eigenvalue weighted by Gasteiger charge is 2.43. The number of carbonyl (C=O) groups is 1. The second-order valence-electron chi connectivity index (χ2n) is 6.65. The Morgan fingerprint density at radius 1 is 1.00 bits per heavy atom. The first-order valence-corrected chi connectivity index (χ1v) is 8.96. The third-order valence-electron chi connectivity index (χ3n) is 4.65. The predicted molar refractivity (Wildman–Crippen MR) is 99.0 cm³/mol. The van der Waals surface area contributed by atoms with Gasteiger partial charge in [-0.05, 0) is 47.7 Å². The van der Waals surface area contributed by atoms with E-state index < -0.39 is 42.0 Å². The molecule has 29 heavy (non-hydrogen) atoms. The van der Waals surface area contributed by atoms with Crippen molar-refractivity contribution in [3.63, 3.8) is 0 Å². The summed E-state index contributed by atoms with van der Waals surface area (Å²) in [5.41, 5.74) is -0.653. The Bertz CT molecular complexity index is 843. The lowest BCUT2D eigenvalue weighted by atomic mass is 9.68. The van der Waals surface area contributed by atoms with Crippen LogP contribution in [-0.4, -0.2) is 24.3 Å². The topological polar surface area (TPSA) is 55.8 Å². The number of alkyl halides is 4. The van der Waals surface area contributed by atoms with E-state index in [9.17, 15) is 27.5 Å². The maximum Gasteiger partial charge on any atom is 0.387 e. The predicted octanol–water partition coefficient (Wildman–Crippen LogP) is 5.76. The van der Waals surface area contributed by atoms with Crippen molar-refractivity contribution in [1.82, 2.24) is 0 Å². The van der Waals surface area contributed by atoms with Crippen molar-refractivity contribution >= 4 is 17.6 Å². The quantitative estimate of drug-likeness (QED) is 0.509. The van der Waals surface area contributed by atoms with Crippen molar-refractivity contribution in [3.8, 4) is 11.5 Å². The molecule has 0 aromatic heterocycles. The number of hydrogen-bond donors (Lipinski definition) is 1. The monoisotopic (exact) mass is 434 g/mol. The van der Waals surface area contributed by atoms with E-state index in [1.807, 2.05) is 0 Å². The highest BCUT2D eigenvalue weighted by atomic mass is 35.5. The highest BCUT2D eigenvalue weighted by molar-refractivity contribution is 6.30. The lowest BCUT2D eigenvalue weighted by Gasteiger charge is -2.34. The van der Waals surface area contributed by atoms with E-state index in [2.05, 4.69) is 9.47 Å². The molecule has 0 aliphatic heterocycles. The van der Waals surface area contributed by atoms with Crippen LogP contribution in [0.5, 0.6) is 11.5 Å². The van der Waals surface area contributed by atoms with Crippen LogP contribution in [0.1, 0.15) is 25.0 Å². The molecule has 158 valence electrons. The third kappa shape index (κ3) is 5.32. The number of halogens is 5. The number of rotatable bonds is 9. The van der Waals surface area contributed by atoms with E-state index >= 15 is 0 Å². The van der Waals surface area contributed by atoms with Crippen LogP contribution in [0.3, 0.4) is 0 Å². The van der Waals surface area contributed by atoms with Gasteiger partial charge in [0.1, 0.15) is 0 Å². The van der Waals surface area contributed by atoms with Gasteiger partial charge < -0.3 is 14.6 Å². The molecular weight excluding hydrogens is 416 g/mol. The third-order valence-corrected chi connectivity index (χ3v) is 4.90. The molecule has 0 saturated carbocycles. The minimum absolute atomic E-state index is 0.101. The first-order valence-electron chi connectivity index (χ1n) is 8.58. The van der Waals surface area contributed by atoms with Crippen LogP contribution in [0.25, 0.3) is 0 Å². The molecule has 0 radical (unpaired) electrons. The van der Waals surface area contributed by atoms with E-state index in [0.717, 1.165) is 12.1 Å². The Morgan fingerprint density at radius 2 is 1.55 bits per heavy atom. The summed E-state index contributed by atoms with van der Waals surface area (Å²) < 4.78 is 58.9. The SMILES string of the molecule is CC(C)C(Cc1ccc(OC(F)F)c(OC(F)F)c1)(C(=O)O)c1ccc(Cl)cc1. The second kappa shape index (κ2) is 9.35. The lowest BCUT2D eigenvalue weighted by molar-refractivity contribution is -0.145. The maximum absolute atomic E-state index is 12.7. The first kappa shape index (κ1) is 22.8. The van der Waals surface area contributed by atoms with Crippen LogP contribution < -0.4 is 9.47 Å². The Hall–Kier alpha value is -2.48. The van der Waals surface area contributed by atoms with Gasteiger partial charge in [-0.3, -0.25) is 4.79 Å². The fourth-order valence-corrected chi connectivity index (χ4v) is 3.32. The van der Waals surface area contributed by atoms with Gasteiger partial charge in [-0.2, -0.15) is 17.6 Å². The van der Waals surface area contributed by atoms with Gasteiger partial charge in [0.05, 0.1) is 5.41 Å². The molecule has 1 atom stereocenters. The number of hydrogen-bond acceptors (Lipinski definition) is 3. The Labute approximate surface area is 170 Å². The minimum atomic E-state index is -3.27. The minimum Gasteiger partial charge on any atom is -0.481 e. The van der Waals surface area contributed by atoms with Gasteiger partial charge in [0, 0.05) is 5.02 Å². The first-order chi connectivity index (χ1) is 13.6. The van der Waals surface area contributed by atoms with E-state index in [0.29, 0.717) is 16.1 Å². The van der Waals surface area contributed by atoms with Crippen LogP contribution in [0, 0.1) is 5.92 Å². The molecule has 9 heteroatoms.